The quantitative estimate of drug-likeness (QED) is 0.105. The highest BCUT2D eigenvalue weighted by molar-refractivity contribution is 7.90. The highest BCUT2D eigenvalue weighted by Crippen LogP contribution is 2.65. The Morgan fingerprint density at radius 2 is 1.53 bits per heavy atom. The molecule has 47 heavy (non-hydrogen) atoms. The molecule has 1 amide bonds. The molecule has 0 spiro atoms. The van der Waals surface area contributed by atoms with Gasteiger partial charge in [-0.15, -0.1) is 23.2 Å². The van der Waals surface area contributed by atoms with Crippen LogP contribution < -0.4 is 5.32 Å². The van der Waals surface area contributed by atoms with Crippen LogP contribution in [0.4, 0.5) is 27.6 Å². The van der Waals surface area contributed by atoms with E-state index in [9.17, 15) is 35.6 Å². The molecule has 4 aromatic carbocycles. The van der Waals surface area contributed by atoms with Crippen LogP contribution in [-0.4, -0.2) is 24.4 Å². The zero-order valence-corrected chi connectivity index (χ0v) is 27.4. The van der Waals surface area contributed by atoms with Gasteiger partial charge in [-0.2, -0.15) is 13.2 Å². The van der Waals surface area contributed by atoms with Crippen LogP contribution in [-0.2, 0) is 33.0 Å². The second-order valence-corrected chi connectivity index (χ2v) is 15.0. The summed E-state index contributed by atoms with van der Waals surface area (Å²) >= 11 is 24.5. The second-order valence-electron chi connectivity index (χ2n) is 10.7. The number of halogens is 9. The number of carbonyl (C=O) groups excluding carboxylic acids is 2. The average Bonchev–Trinajstić information content (AvgIpc) is 3.59. The molecule has 1 aliphatic rings. The van der Waals surface area contributed by atoms with Gasteiger partial charge in [0, 0.05) is 29.2 Å². The molecule has 0 saturated heterocycles. The summed E-state index contributed by atoms with van der Waals surface area (Å²) in [6.07, 6.45) is -5.40. The number of amides is 1. The van der Waals surface area contributed by atoms with Crippen LogP contribution in [0.15, 0.2) is 83.8 Å². The summed E-state index contributed by atoms with van der Waals surface area (Å²) in [5.74, 6) is -7.02. The topological polar surface area (TPSA) is 80.3 Å². The van der Waals surface area contributed by atoms with E-state index in [2.05, 4.69) is 5.32 Å². The number of ketones is 1. The fraction of sp³-hybridized carbons (Fsp3) is 0.188. The van der Waals surface area contributed by atoms with Gasteiger partial charge in [0.25, 0.3) is 0 Å². The SMILES string of the molecule is O=C(Cc1ccc(F)c(CS(=O)(=O)c2ccccc2)c1F)c1cc(NC(=O)[C@H]2[C@H](c3ccc(Cl)c(C(F)(F)F)c3)C2(Cl)Cl)ccc1Cl. The van der Waals surface area contributed by atoms with Crippen LogP contribution in [0.1, 0.15) is 38.5 Å². The fourth-order valence-corrected chi connectivity index (χ4v) is 7.80. The molecule has 1 N–H and O–H groups in total. The molecule has 2 atom stereocenters. The van der Waals surface area contributed by atoms with Crippen molar-refractivity contribution in [1.29, 1.82) is 0 Å². The molecule has 15 heteroatoms. The first kappa shape index (κ1) is 35.1. The summed E-state index contributed by atoms with van der Waals surface area (Å²) in [5.41, 5.74) is -2.23. The van der Waals surface area contributed by atoms with E-state index in [0.717, 1.165) is 24.3 Å². The fourth-order valence-electron chi connectivity index (χ4n) is 5.14. The molecular weight excluding hydrogens is 731 g/mol. The summed E-state index contributed by atoms with van der Waals surface area (Å²) < 4.78 is 94.0. The van der Waals surface area contributed by atoms with Crippen molar-refractivity contribution in [2.45, 2.75) is 33.5 Å². The van der Waals surface area contributed by atoms with Gasteiger partial charge in [-0.25, -0.2) is 17.2 Å². The summed E-state index contributed by atoms with van der Waals surface area (Å²) in [6.45, 7) is 0. The van der Waals surface area contributed by atoms with Crippen molar-refractivity contribution in [1.82, 2.24) is 0 Å². The molecular formula is C32H20Cl4F5NO4S. The minimum absolute atomic E-state index is 0.0381. The lowest BCUT2D eigenvalue weighted by Gasteiger charge is -2.12. The maximum Gasteiger partial charge on any atom is 0.417 e. The maximum absolute atomic E-state index is 15.4. The van der Waals surface area contributed by atoms with E-state index in [1.54, 1.807) is 6.07 Å². The second kappa shape index (κ2) is 13.0. The Hall–Kier alpha value is -3.22. The van der Waals surface area contributed by atoms with Crippen molar-refractivity contribution >= 4 is 73.6 Å². The molecule has 1 saturated carbocycles. The van der Waals surface area contributed by atoms with Gasteiger partial charge >= 0.3 is 6.18 Å². The van der Waals surface area contributed by atoms with E-state index in [1.165, 1.54) is 48.5 Å². The zero-order chi connectivity index (χ0) is 34.5. The first-order chi connectivity index (χ1) is 21.9. The van der Waals surface area contributed by atoms with Gasteiger partial charge in [-0.05, 0) is 59.7 Å². The Kier molecular flexibility index (Phi) is 9.71. The highest BCUT2D eigenvalue weighted by atomic mass is 35.5. The molecule has 0 aliphatic heterocycles. The van der Waals surface area contributed by atoms with E-state index in [-0.39, 0.29) is 32.3 Å². The standard InChI is InChI=1S/C32H20Cl4F5NO4S/c33-23-10-8-18(42-30(44)28-27(31(28,35)36)16-6-9-24(34)22(12-16)32(39,40)41)14-20(23)26(43)13-17-7-11-25(37)21(29(17)38)15-47(45,46)19-4-2-1-3-5-19/h1-12,14,27-28H,13,15H2,(H,42,44)/t27-,28+/m0/s1. The number of Topliss-reactive ketones (excluding diaryl/α,β-unsaturated/α-hetero) is 1. The molecule has 0 unspecified atom stereocenters. The Morgan fingerprint density at radius 1 is 0.872 bits per heavy atom. The smallest absolute Gasteiger partial charge is 0.326 e. The molecule has 4 aromatic rings. The Morgan fingerprint density at radius 3 is 2.19 bits per heavy atom. The van der Waals surface area contributed by atoms with Gasteiger partial charge in [-0.1, -0.05) is 53.5 Å². The van der Waals surface area contributed by atoms with Gasteiger partial charge in [0.15, 0.2) is 15.6 Å². The van der Waals surface area contributed by atoms with Crippen LogP contribution >= 0.6 is 46.4 Å². The number of benzene rings is 4. The molecule has 0 heterocycles. The molecule has 0 radical (unpaired) electrons. The number of anilines is 1. The molecule has 1 aliphatic carbocycles. The van der Waals surface area contributed by atoms with Crippen LogP contribution in [0.5, 0.6) is 0 Å². The van der Waals surface area contributed by atoms with Crippen molar-refractivity contribution in [3.8, 4) is 0 Å². The molecule has 5 nitrogen and oxygen atoms in total. The minimum Gasteiger partial charge on any atom is -0.326 e. The van der Waals surface area contributed by atoms with E-state index in [0.29, 0.717) is 0 Å². The number of hydrogen-bond acceptors (Lipinski definition) is 4. The molecule has 0 aromatic heterocycles. The van der Waals surface area contributed by atoms with E-state index in [4.69, 9.17) is 46.4 Å². The molecule has 0 bridgehead atoms. The van der Waals surface area contributed by atoms with Gasteiger partial charge in [0.1, 0.15) is 16.0 Å². The number of alkyl halides is 5. The number of rotatable bonds is 9. The first-order valence-electron chi connectivity index (χ1n) is 13.5. The van der Waals surface area contributed by atoms with Crippen LogP contribution in [0, 0.1) is 17.6 Å². The van der Waals surface area contributed by atoms with Gasteiger partial charge < -0.3 is 5.32 Å². The lowest BCUT2D eigenvalue weighted by molar-refractivity contribution is -0.137. The third-order valence-electron chi connectivity index (χ3n) is 7.58. The Balaban J connectivity index is 1.34. The summed E-state index contributed by atoms with van der Waals surface area (Å²) in [4.78, 5) is 26.2. The minimum atomic E-state index is -4.76. The predicted octanol–water partition coefficient (Wildman–Crippen LogP) is 9.22. The number of hydrogen-bond donors (Lipinski definition) is 1. The van der Waals surface area contributed by atoms with Gasteiger partial charge in [0.05, 0.1) is 32.2 Å². The first-order valence-corrected chi connectivity index (χ1v) is 16.7. The van der Waals surface area contributed by atoms with E-state index >= 15 is 4.39 Å². The average molecular weight is 751 g/mol. The van der Waals surface area contributed by atoms with Crippen molar-refractivity contribution in [3.63, 3.8) is 0 Å². The summed E-state index contributed by atoms with van der Waals surface area (Å²) in [7, 11) is -4.12. The lowest BCUT2D eigenvalue weighted by atomic mass is 10.00. The number of sulfone groups is 1. The Labute approximate surface area is 285 Å². The van der Waals surface area contributed by atoms with Crippen molar-refractivity contribution in [2.24, 2.45) is 5.92 Å². The Bertz CT molecular complexity index is 2010. The van der Waals surface area contributed by atoms with E-state index < -0.39 is 83.8 Å². The molecule has 246 valence electrons. The van der Waals surface area contributed by atoms with Crippen molar-refractivity contribution in [3.05, 3.63) is 128 Å². The van der Waals surface area contributed by atoms with Crippen LogP contribution in [0.3, 0.4) is 0 Å². The lowest BCUT2D eigenvalue weighted by Crippen LogP contribution is -2.17. The summed E-state index contributed by atoms with van der Waals surface area (Å²) in [5, 5.41) is 1.90. The molecule has 5 rings (SSSR count). The maximum atomic E-state index is 15.4. The summed E-state index contributed by atoms with van der Waals surface area (Å²) in [6, 6.07) is 15.9. The van der Waals surface area contributed by atoms with Crippen molar-refractivity contribution in [2.75, 3.05) is 5.32 Å². The normalized spacial score (nSPS) is 17.3. The van der Waals surface area contributed by atoms with Crippen LogP contribution in [0.2, 0.25) is 10.0 Å². The third kappa shape index (κ3) is 7.29. The number of carbonyl (C=O) groups is 2. The van der Waals surface area contributed by atoms with Gasteiger partial charge in [-0.3, -0.25) is 9.59 Å². The predicted molar refractivity (Wildman–Crippen MR) is 169 cm³/mol. The van der Waals surface area contributed by atoms with E-state index in [1.807, 2.05) is 0 Å². The van der Waals surface area contributed by atoms with Crippen molar-refractivity contribution < 1.29 is 40.0 Å². The monoisotopic (exact) mass is 749 g/mol. The van der Waals surface area contributed by atoms with Crippen LogP contribution in [0.25, 0.3) is 0 Å². The third-order valence-corrected chi connectivity index (χ3v) is 10.8. The molecule has 1 fully saturated rings. The number of nitrogens with one attached hydrogen (secondary N) is 1. The highest BCUT2D eigenvalue weighted by Gasteiger charge is 2.67. The zero-order valence-electron chi connectivity index (χ0n) is 23.5. The largest absolute Gasteiger partial charge is 0.417 e. The van der Waals surface area contributed by atoms with Gasteiger partial charge in [0.2, 0.25) is 5.91 Å².